The number of nitrogens with two attached hydrogens (primary N) is 1. The molecule has 0 aliphatic rings. The molecule has 0 saturated heterocycles. The number of thiophene rings is 1. The molecule has 0 unspecified atom stereocenters. The van der Waals surface area contributed by atoms with Gasteiger partial charge in [-0.2, -0.15) is 0 Å². The minimum atomic E-state index is -0.379. The van der Waals surface area contributed by atoms with E-state index in [1.54, 1.807) is 12.1 Å². The standard InChI is InChI=1S/C28H22ClN3O3S/c1-34-22-15-23(35-2)21(14-19(22)29)31-27(33)26-25(30)24-18(16-9-5-3-6-10-16)13-20(32-28(24)36-26)17-11-7-4-8-12-17/h3-15H,30H2,1-2H3,(H,31,33). The maximum Gasteiger partial charge on any atom is 0.268 e. The van der Waals surface area contributed by atoms with E-state index in [1.165, 1.54) is 25.6 Å². The quantitative estimate of drug-likeness (QED) is 0.251. The molecule has 0 atom stereocenters. The van der Waals surface area contributed by atoms with E-state index in [1.807, 2.05) is 66.7 Å². The summed E-state index contributed by atoms with van der Waals surface area (Å²) < 4.78 is 10.7. The van der Waals surface area contributed by atoms with E-state index < -0.39 is 0 Å². The van der Waals surface area contributed by atoms with Gasteiger partial charge in [0.2, 0.25) is 0 Å². The molecule has 180 valence electrons. The largest absolute Gasteiger partial charge is 0.495 e. The Morgan fingerprint density at radius 3 is 2.19 bits per heavy atom. The number of halogens is 1. The van der Waals surface area contributed by atoms with Gasteiger partial charge in [-0.1, -0.05) is 72.3 Å². The first kappa shape index (κ1) is 23.7. The van der Waals surface area contributed by atoms with E-state index in [-0.39, 0.29) is 5.91 Å². The van der Waals surface area contributed by atoms with Crippen LogP contribution in [0.2, 0.25) is 5.02 Å². The van der Waals surface area contributed by atoms with Crippen LogP contribution in [-0.2, 0) is 0 Å². The number of pyridine rings is 1. The number of fused-ring (bicyclic) bond motifs is 1. The van der Waals surface area contributed by atoms with E-state index in [2.05, 4.69) is 5.32 Å². The van der Waals surface area contributed by atoms with Gasteiger partial charge in [-0.3, -0.25) is 4.79 Å². The third kappa shape index (κ3) is 4.34. The molecule has 3 N–H and O–H groups in total. The second-order valence-electron chi connectivity index (χ2n) is 7.95. The fourth-order valence-corrected chi connectivity index (χ4v) is 5.28. The number of amides is 1. The predicted octanol–water partition coefficient (Wildman–Crippen LogP) is 7.14. The second kappa shape index (κ2) is 9.89. The number of carbonyl (C=O) groups excluding carboxylic acids is 1. The van der Waals surface area contributed by atoms with Crippen LogP contribution in [0.5, 0.6) is 11.5 Å². The number of nitrogens with zero attached hydrogens (tertiary/aromatic N) is 1. The predicted molar refractivity (Wildman–Crippen MR) is 147 cm³/mol. The number of methoxy groups -OCH3 is 2. The highest BCUT2D eigenvalue weighted by Gasteiger charge is 2.23. The molecule has 0 radical (unpaired) electrons. The molecule has 0 fully saturated rings. The highest BCUT2D eigenvalue weighted by Crippen LogP contribution is 2.42. The van der Waals surface area contributed by atoms with E-state index in [0.29, 0.717) is 37.6 Å². The van der Waals surface area contributed by atoms with Crippen molar-refractivity contribution in [1.29, 1.82) is 0 Å². The molecule has 8 heteroatoms. The Hall–Kier alpha value is -4.07. The highest BCUT2D eigenvalue weighted by molar-refractivity contribution is 7.21. The number of anilines is 2. The van der Waals surface area contributed by atoms with Crippen LogP contribution in [0.1, 0.15) is 9.67 Å². The van der Waals surface area contributed by atoms with Crippen molar-refractivity contribution in [3.05, 3.63) is 88.8 Å². The lowest BCUT2D eigenvalue weighted by Gasteiger charge is -2.13. The summed E-state index contributed by atoms with van der Waals surface area (Å²) in [5.41, 5.74) is 11.1. The maximum atomic E-state index is 13.4. The molecule has 6 nitrogen and oxygen atoms in total. The molecule has 2 aromatic heterocycles. The zero-order chi connectivity index (χ0) is 25.2. The molecular formula is C28H22ClN3O3S. The average Bonchev–Trinajstić information content (AvgIpc) is 3.25. The third-order valence-electron chi connectivity index (χ3n) is 5.78. The monoisotopic (exact) mass is 515 g/mol. The van der Waals surface area contributed by atoms with Crippen LogP contribution in [0.15, 0.2) is 78.9 Å². The van der Waals surface area contributed by atoms with Crippen molar-refractivity contribution in [2.24, 2.45) is 0 Å². The number of carbonyl (C=O) groups is 1. The first-order chi connectivity index (χ1) is 17.5. The van der Waals surface area contributed by atoms with E-state index in [0.717, 1.165) is 27.8 Å². The molecule has 1 amide bonds. The van der Waals surface area contributed by atoms with Gasteiger partial charge in [0, 0.05) is 17.0 Å². The number of benzene rings is 3. The molecule has 0 aliphatic carbocycles. The fourth-order valence-electron chi connectivity index (χ4n) is 4.03. The Morgan fingerprint density at radius 2 is 1.56 bits per heavy atom. The zero-order valence-corrected chi connectivity index (χ0v) is 21.1. The molecule has 2 heterocycles. The lowest BCUT2D eigenvalue weighted by Crippen LogP contribution is -2.13. The van der Waals surface area contributed by atoms with Crippen molar-refractivity contribution in [3.8, 4) is 33.9 Å². The zero-order valence-electron chi connectivity index (χ0n) is 19.5. The Labute approximate surface area is 217 Å². The molecule has 5 rings (SSSR count). The number of rotatable bonds is 6. The number of nitrogen functional groups attached to an aromatic ring is 1. The summed E-state index contributed by atoms with van der Waals surface area (Å²) in [6.07, 6.45) is 0. The van der Waals surface area contributed by atoms with Crippen LogP contribution in [0.25, 0.3) is 32.6 Å². The number of hydrogen-bond donors (Lipinski definition) is 2. The van der Waals surface area contributed by atoms with Crippen molar-refractivity contribution in [2.75, 3.05) is 25.3 Å². The van der Waals surface area contributed by atoms with Crippen molar-refractivity contribution < 1.29 is 14.3 Å². The van der Waals surface area contributed by atoms with Crippen molar-refractivity contribution >= 4 is 50.4 Å². The lowest BCUT2D eigenvalue weighted by molar-refractivity contribution is 0.103. The first-order valence-corrected chi connectivity index (χ1v) is 12.3. The SMILES string of the molecule is COc1cc(OC)c(NC(=O)c2sc3nc(-c4ccccc4)cc(-c4ccccc4)c3c2N)cc1Cl. The van der Waals surface area contributed by atoms with Crippen LogP contribution in [0.4, 0.5) is 11.4 Å². The van der Waals surface area contributed by atoms with Crippen LogP contribution < -0.4 is 20.5 Å². The molecule has 5 aromatic rings. The molecular weight excluding hydrogens is 494 g/mol. The van der Waals surface area contributed by atoms with Gasteiger partial charge in [-0.05, 0) is 23.3 Å². The van der Waals surface area contributed by atoms with Gasteiger partial charge in [0.05, 0.1) is 36.3 Å². The van der Waals surface area contributed by atoms with Crippen LogP contribution in [0.3, 0.4) is 0 Å². The molecule has 3 aromatic carbocycles. The van der Waals surface area contributed by atoms with Crippen LogP contribution in [0, 0.1) is 0 Å². The van der Waals surface area contributed by atoms with Gasteiger partial charge < -0.3 is 20.5 Å². The summed E-state index contributed by atoms with van der Waals surface area (Å²) in [6, 6.07) is 25.1. The normalized spacial score (nSPS) is 10.9. The fraction of sp³-hybridized carbons (Fsp3) is 0.0714. The number of nitrogens with one attached hydrogen (secondary N) is 1. The van der Waals surface area contributed by atoms with Crippen LogP contribution in [-0.4, -0.2) is 25.1 Å². The summed E-state index contributed by atoms with van der Waals surface area (Å²) in [6.45, 7) is 0. The number of hydrogen-bond acceptors (Lipinski definition) is 6. The summed E-state index contributed by atoms with van der Waals surface area (Å²) in [5.74, 6) is 0.479. The van der Waals surface area contributed by atoms with Crippen molar-refractivity contribution in [1.82, 2.24) is 4.98 Å². The molecule has 0 bridgehead atoms. The summed E-state index contributed by atoms with van der Waals surface area (Å²) in [4.78, 5) is 19.3. The summed E-state index contributed by atoms with van der Waals surface area (Å²) in [7, 11) is 3.02. The Morgan fingerprint density at radius 1 is 0.917 bits per heavy atom. The molecule has 0 aliphatic heterocycles. The van der Waals surface area contributed by atoms with Crippen LogP contribution >= 0.6 is 22.9 Å². The van der Waals surface area contributed by atoms with E-state index in [9.17, 15) is 4.79 Å². The van der Waals surface area contributed by atoms with Gasteiger partial charge in [-0.25, -0.2) is 4.98 Å². The number of aromatic nitrogens is 1. The minimum Gasteiger partial charge on any atom is -0.495 e. The number of ether oxygens (including phenoxy) is 2. The van der Waals surface area contributed by atoms with Gasteiger partial charge >= 0.3 is 0 Å². The maximum absolute atomic E-state index is 13.4. The molecule has 36 heavy (non-hydrogen) atoms. The molecule has 0 saturated carbocycles. The van der Waals surface area contributed by atoms with Gasteiger partial charge in [0.15, 0.2) is 0 Å². The average molecular weight is 516 g/mol. The Bertz CT molecular complexity index is 1570. The summed E-state index contributed by atoms with van der Waals surface area (Å²) in [5, 5.41) is 3.97. The van der Waals surface area contributed by atoms with Gasteiger partial charge in [0.1, 0.15) is 21.2 Å². The van der Waals surface area contributed by atoms with Crippen molar-refractivity contribution in [3.63, 3.8) is 0 Å². The summed E-state index contributed by atoms with van der Waals surface area (Å²) >= 11 is 7.53. The Kier molecular flexibility index (Phi) is 6.50. The van der Waals surface area contributed by atoms with Crippen molar-refractivity contribution in [2.45, 2.75) is 0 Å². The second-order valence-corrected chi connectivity index (χ2v) is 9.36. The van der Waals surface area contributed by atoms with E-state index >= 15 is 0 Å². The smallest absolute Gasteiger partial charge is 0.268 e. The highest BCUT2D eigenvalue weighted by atomic mass is 35.5. The molecule has 0 spiro atoms. The van der Waals surface area contributed by atoms with Gasteiger partial charge in [-0.15, -0.1) is 11.3 Å². The van der Waals surface area contributed by atoms with Gasteiger partial charge in [0.25, 0.3) is 5.91 Å². The third-order valence-corrected chi connectivity index (χ3v) is 7.18. The lowest BCUT2D eigenvalue weighted by atomic mass is 9.99. The first-order valence-electron chi connectivity index (χ1n) is 11.1. The van der Waals surface area contributed by atoms with E-state index in [4.69, 9.17) is 31.8 Å². The minimum absolute atomic E-state index is 0.346. The topological polar surface area (TPSA) is 86.5 Å². The Balaban J connectivity index is 1.63.